The minimum Gasteiger partial charge on any atom is -0.870 e. The van der Waals surface area contributed by atoms with Crippen LogP contribution in [0.3, 0.4) is 0 Å². The van der Waals surface area contributed by atoms with Gasteiger partial charge in [-0.05, 0) is 0 Å². The van der Waals surface area contributed by atoms with Gasteiger partial charge in [0.1, 0.15) is 0 Å². The monoisotopic (exact) mass is 183 g/mol. The van der Waals surface area contributed by atoms with Gasteiger partial charge in [-0.2, -0.15) is 0 Å². The van der Waals surface area contributed by atoms with E-state index in [0.29, 0.717) is 5.46 Å². The van der Waals surface area contributed by atoms with Gasteiger partial charge in [-0.1, -0.05) is 0 Å². The molecule has 0 saturated heterocycles. The summed E-state index contributed by atoms with van der Waals surface area (Å²) in [5.41, 5.74) is 0.555. The molecule has 0 bridgehead atoms. The Labute approximate surface area is 75.7 Å². The van der Waals surface area contributed by atoms with Crippen LogP contribution in [-0.4, -0.2) is 30.2 Å². The van der Waals surface area contributed by atoms with Crippen molar-refractivity contribution in [2.75, 3.05) is 0 Å². The van der Waals surface area contributed by atoms with Gasteiger partial charge in [0.05, 0.1) is 0 Å². The summed E-state index contributed by atoms with van der Waals surface area (Å²) >= 11 is 0. The minimum atomic E-state index is -0.497. The Bertz CT molecular complexity index is 293. The van der Waals surface area contributed by atoms with Gasteiger partial charge in [-0.25, -0.2) is 0 Å². The summed E-state index contributed by atoms with van der Waals surface area (Å²) in [4.78, 5) is 0. The number of benzene rings is 1. The fraction of sp³-hybridized carbons (Fsp3) is 0. The molecule has 3 N–H and O–H groups in total. The predicted octanol–water partition coefficient (Wildman–Crippen LogP) is 0.0740. The molecule has 0 aliphatic rings. The molecule has 0 saturated carbocycles. The van der Waals surface area contributed by atoms with Crippen molar-refractivity contribution in [2.45, 2.75) is 0 Å². The average molecular weight is 183 g/mol. The second kappa shape index (κ2) is 6.16. The third-order valence-corrected chi connectivity index (χ3v) is 1.22. The van der Waals surface area contributed by atoms with Gasteiger partial charge in [0.15, 0.2) is 0 Å². The molecule has 68 valence electrons. The smallest absolute Gasteiger partial charge is 0.870 e. The van der Waals surface area contributed by atoms with E-state index in [4.69, 9.17) is 13.1 Å². The fourth-order valence-electron chi connectivity index (χ4n) is 0.710. The van der Waals surface area contributed by atoms with Crippen LogP contribution in [-0.2, 0) is 0 Å². The third-order valence-electron chi connectivity index (χ3n) is 1.22. The molecule has 1 aromatic rings. The molecule has 0 amide bonds. The van der Waals surface area contributed by atoms with Crippen molar-refractivity contribution in [3.63, 3.8) is 0 Å². The molecule has 0 unspecified atom stereocenters. The summed E-state index contributed by atoms with van der Waals surface area (Å²) in [6.07, 6.45) is 1.01. The zero-order valence-electron chi connectivity index (χ0n) is 6.55. The second-order valence-corrected chi connectivity index (χ2v) is 2.03. The molecule has 0 aliphatic heterocycles. The number of hydrogen-bond donors (Lipinski definition) is 1. The van der Waals surface area contributed by atoms with Crippen molar-refractivity contribution in [3.8, 4) is 0 Å². The standard InChI is InChI=1S/C7H5BFNO.2H2O/c8-6-2-1-5(4-10-11)7(9)3-6;;/h1-4,11H;2*1H2/q+2;;/p-2. The first-order chi connectivity index (χ1) is 5.24. The summed E-state index contributed by atoms with van der Waals surface area (Å²) in [6, 6.07) is 4.13. The maximum Gasteiger partial charge on any atom is -0.870 e. The Hall–Kier alpha value is -1.40. The van der Waals surface area contributed by atoms with Crippen LogP contribution < -0.4 is 5.46 Å². The molecule has 4 nitrogen and oxygen atoms in total. The molecule has 0 aromatic heterocycles. The van der Waals surface area contributed by atoms with Crippen LogP contribution in [0.1, 0.15) is 5.56 Å². The van der Waals surface area contributed by atoms with E-state index in [0.717, 1.165) is 12.3 Å². The van der Waals surface area contributed by atoms with Crippen molar-refractivity contribution < 1.29 is 20.6 Å². The predicted molar refractivity (Wildman–Crippen MR) is 45.0 cm³/mol. The zero-order chi connectivity index (χ0) is 8.27. The first-order valence-corrected chi connectivity index (χ1v) is 2.96. The maximum atomic E-state index is 12.8. The summed E-state index contributed by atoms with van der Waals surface area (Å²) < 4.78 is 12.8. The van der Waals surface area contributed by atoms with Gasteiger partial charge >= 0.3 is 63.9 Å². The topological polar surface area (TPSA) is 92.6 Å². The average Bonchev–Trinajstić information content (AvgIpc) is 1.95. The van der Waals surface area contributed by atoms with Gasteiger partial charge in [-0.3, -0.25) is 0 Å². The third kappa shape index (κ3) is 3.68. The molecule has 6 heteroatoms. The first kappa shape index (κ1) is 14.1. The van der Waals surface area contributed by atoms with Crippen LogP contribution in [0.15, 0.2) is 23.4 Å². The van der Waals surface area contributed by atoms with Crippen LogP contribution in [0.2, 0.25) is 0 Å². The molecule has 0 spiro atoms. The molecular weight excluding hydrogens is 176 g/mol. The largest absolute Gasteiger partial charge is 0.870 e. The van der Waals surface area contributed by atoms with E-state index >= 15 is 0 Å². The van der Waals surface area contributed by atoms with Crippen molar-refractivity contribution in [3.05, 3.63) is 29.6 Å². The Balaban J connectivity index is 0. The summed E-state index contributed by atoms with van der Waals surface area (Å²) in [7, 11) is 5.28. The Morgan fingerprint density at radius 2 is 2.00 bits per heavy atom. The van der Waals surface area contributed by atoms with E-state index in [1.807, 2.05) is 0 Å². The van der Waals surface area contributed by atoms with E-state index < -0.39 is 5.82 Å². The number of oxime groups is 1. The molecule has 13 heavy (non-hydrogen) atoms. The van der Waals surface area contributed by atoms with Gasteiger partial charge in [0.2, 0.25) is 0 Å². The SMILES string of the molecule is [B+2]c1ccc(C=NO)c(F)c1.[OH-].[OH-]. The van der Waals surface area contributed by atoms with Crippen molar-refractivity contribution in [1.82, 2.24) is 0 Å². The minimum absolute atomic E-state index is 0. The van der Waals surface area contributed by atoms with Crippen LogP contribution in [0.4, 0.5) is 4.39 Å². The van der Waals surface area contributed by atoms with E-state index in [9.17, 15) is 4.39 Å². The van der Waals surface area contributed by atoms with E-state index in [-0.39, 0.29) is 16.5 Å². The van der Waals surface area contributed by atoms with Gasteiger partial charge < -0.3 is 11.0 Å². The summed E-state index contributed by atoms with van der Waals surface area (Å²) in [6.45, 7) is 0. The maximum absolute atomic E-state index is 12.8. The van der Waals surface area contributed by atoms with Crippen LogP contribution >= 0.6 is 0 Å². The Kier molecular flexibility index (Phi) is 6.70. The Morgan fingerprint density at radius 1 is 1.38 bits per heavy atom. The molecule has 0 aliphatic carbocycles. The van der Waals surface area contributed by atoms with Crippen molar-refractivity contribution in [1.29, 1.82) is 0 Å². The molecule has 1 rings (SSSR count). The van der Waals surface area contributed by atoms with E-state index in [1.54, 1.807) is 0 Å². The first-order valence-electron chi connectivity index (χ1n) is 2.96. The molecule has 0 fully saturated rings. The summed E-state index contributed by atoms with van der Waals surface area (Å²) in [5.74, 6) is -0.497. The molecule has 0 heterocycles. The van der Waals surface area contributed by atoms with Crippen LogP contribution in [0.5, 0.6) is 0 Å². The van der Waals surface area contributed by atoms with Gasteiger partial charge in [0, 0.05) is 0 Å². The Morgan fingerprint density at radius 3 is 2.46 bits per heavy atom. The van der Waals surface area contributed by atoms with E-state index in [1.165, 1.54) is 12.1 Å². The number of nitrogens with zero attached hydrogens (tertiary/aromatic N) is 1. The zero-order valence-corrected chi connectivity index (χ0v) is 6.55. The molecule has 0 radical (unpaired) electrons. The second-order valence-electron chi connectivity index (χ2n) is 2.03. The summed E-state index contributed by atoms with van der Waals surface area (Å²) in [5, 5.41) is 10.8. The van der Waals surface area contributed by atoms with Crippen molar-refractivity contribution >= 4 is 19.5 Å². The number of rotatable bonds is 1. The number of hydrogen-bond acceptors (Lipinski definition) is 4. The van der Waals surface area contributed by atoms with Gasteiger partial charge in [-0.15, -0.1) is 0 Å². The molecular formula is C7H7BFNO3. The fourth-order valence-corrected chi connectivity index (χ4v) is 0.710. The van der Waals surface area contributed by atoms with Crippen molar-refractivity contribution in [2.24, 2.45) is 5.16 Å². The van der Waals surface area contributed by atoms with Crippen LogP contribution in [0.25, 0.3) is 0 Å². The molecule has 1 aromatic carbocycles. The quantitative estimate of drug-likeness (QED) is 0.289. The van der Waals surface area contributed by atoms with Gasteiger partial charge in [0.25, 0.3) is 0 Å². The van der Waals surface area contributed by atoms with E-state index in [2.05, 4.69) is 5.16 Å². The molecule has 0 atom stereocenters. The van der Waals surface area contributed by atoms with Crippen LogP contribution in [0, 0.1) is 5.82 Å². The number of halogens is 1. The normalized spacial score (nSPS) is 9.15.